The first kappa shape index (κ1) is 16.1. The fourth-order valence-corrected chi connectivity index (χ4v) is 2.51. The Hall–Kier alpha value is -2.79. The van der Waals surface area contributed by atoms with Crippen molar-refractivity contribution in [2.24, 2.45) is 0 Å². The van der Waals surface area contributed by atoms with Gasteiger partial charge >= 0.3 is 0 Å². The number of aromatic nitrogens is 2. The van der Waals surface area contributed by atoms with E-state index in [2.05, 4.69) is 31.2 Å². The second-order valence-corrected chi connectivity index (χ2v) is 6.06. The number of nitrogens with one attached hydrogen (secondary N) is 2. The molecule has 0 amide bonds. The summed E-state index contributed by atoms with van der Waals surface area (Å²) in [6.07, 6.45) is 0. The number of nitrogens with two attached hydrogens (primary N) is 1. The molecule has 0 aliphatic rings. The van der Waals surface area contributed by atoms with Crippen molar-refractivity contribution < 1.29 is 0 Å². The van der Waals surface area contributed by atoms with Crippen LogP contribution < -0.4 is 11.1 Å². The third-order valence-electron chi connectivity index (χ3n) is 3.28. The van der Waals surface area contributed by atoms with Gasteiger partial charge in [0.15, 0.2) is 0 Å². The molecule has 0 bridgehead atoms. The van der Waals surface area contributed by atoms with Crippen molar-refractivity contribution >= 4 is 44.3 Å². The number of hydrogen-bond donors (Lipinski definition) is 3. The third-order valence-corrected chi connectivity index (χ3v) is 3.77. The van der Waals surface area contributed by atoms with E-state index in [4.69, 9.17) is 5.73 Å². The maximum absolute atomic E-state index is 5.36. The third kappa shape index (κ3) is 4.36. The summed E-state index contributed by atoms with van der Waals surface area (Å²) in [6.45, 7) is 0. The van der Waals surface area contributed by atoms with Crippen molar-refractivity contribution in [3.05, 3.63) is 83.3 Å². The van der Waals surface area contributed by atoms with Crippen LogP contribution in [0.15, 0.2) is 83.3 Å². The summed E-state index contributed by atoms with van der Waals surface area (Å²) in [7, 11) is 0. The van der Waals surface area contributed by atoms with Crippen molar-refractivity contribution in [1.82, 2.24) is 9.97 Å². The number of H-pyrrole nitrogens is 1. The molecule has 0 radical (unpaired) electrons. The van der Waals surface area contributed by atoms with E-state index in [-0.39, 0.29) is 0 Å². The van der Waals surface area contributed by atoms with Crippen molar-refractivity contribution in [3.8, 4) is 0 Å². The van der Waals surface area contributed by atoms with Gasteiger partial charge in [-0.1, -0.05) is 52.3 Å². The lowest BCUT2D eigenvalue weighted by Gasteiger charge is -2.00. The van der Waals surface area contributed by atoms with Crippen LogP contribution in [0.2, 0.25) is 0 Å². The molecule has 0 aliphatic carbocycles. The number of benzene rings is 3. The number of aromatic amines is 1. The lowest BCUT2D eigenvalue weighted by atomic mass is 10.3. The Morgan fingerprint density at radius 3 is 2.17 bits per heavy atom. The van der Waals surface area contributed by atoms with Crippen LogP contribution in [-0.4, -0.2) is 9.97 Å². The van der Waals surface area contributed by atoms with Crippen LogP contribution in [0.5, 0.6) is 0 Å². The molecule has 4 N–H and O–H groups in total. The van der Waals surface area contributed by atoms with E-state index in [1.54, 1.807) is 0 Å². The minimum absolute atomic E-state index is 0.754. The molecule has 3 aromatic carbocycles. The molecule has 5 heteroatoms. The predicted molar refractivity (Wildman–Crippen MR) is 104 cm³/mol. The fourth-order valence-electron chi connectivity index (χ4n) is 2.15. The molecule has 0 unspecified atom stereocenters. The van der Waals surface area contributed by atoms with E-state index in [1.807, 2.05) is 78.9 Å². The molecular weight excluding hydrogens is 364 g/mol. The quantitative estimate of drug-likeness (QED) is 0.411. The van der Waals surface area contributed by atoms with Crippen molar-refractivity contribution in [3.63, 3.8) is 0 Å². The highest BCUT2D eigenvalue weighted by Crippen LogP contribution is 2.21. The molecule has 24 heavy (non-hydrogen) atoms. The second-order valence-electron chi connectivity index (χ2n) is 5.15. The van der Waals surface area contributed by atoms with Crippen LogP contribution in [0.4, 0.5) is 17.3 Å². The van der Waals surface area contributed by atoms with Crippen LogP contribution >= 0.6 is 15.9 Å². The first-order valence-electron chi connectivity index (χ1n) is 7.48. The fraction of sp³-hybridized carbons (Fsp3) is 0. The van der Waals surface area contributed by atoms with Crippen molar-refractivity contribution in [2.75, 3.05) is 11.1 Å². The zero-order valence-corrected chi connectivity index (χ0v) is 14.5. The topological polar surface area (TPSA) is 66.7 Å². The molecule has 0 atom stereocenters. The summed E-state index contributed by atoms with van der Waals surface area (Å²) < 4.78 is 1.04. The van der Waals surface area contributed by atoms with Gasteiger partial charge in [-0.25, -0.2) is 4.98 Å². The summed E-state index contributed by atoms with van der Waals surface area (Å²) in [5, 5.41) is 3.23. The molecule has 0 spiro atoms. The minimum Gasteiger partial charge on any atom is -0.399 e. The minimum atomic E-state index is 0.754. The van der Waals surface area contributed by atoms with Crippen molar-refractivity contribution in [1.29, 1.82) is 0 Å². The second kappa shape index (κ2) is 7.66. The molecule has 4 aromatic rings. The first-order valence-corrected chi connectivity index (χ1v) is 8.28. The standard InChI is InChI=1S/C13H10BrN3.C6H7N/c14-9-6-7-11-12(8-9)17-13(16-11)15-10-4-2-1-3-5-10;7-6-4-2-1-3-5-6/h1-8H,(H2,15,16,17);1-5H,7H2. The maximum Gasteiger partial charge on any atom is 0.205 e. The van der Waals surface area contributed by atoms with Gasteiger partial charge in [0, 0.05) is 15.8 Å². The van der Waals surface area contributed by atoms with E-state index >= 15 is 0 Å². The van der Waals surface area contributed by atoms with Gasteiger partial charge in [0.2, 0.25) is 5.95 Å². The number of rotatable bonds is 2. The number of halogens is 1. The highest BCUT2D eigenvalue weighted by atomic mass is 79.9. The van der Waals surface area contributed by atoms with Gasteiger partial charge in [0.1, 0.15) is 0 Å². The van der Waals surface area contributed by atoms with Crippen LogP contribution in [-0.2, 0) is 0 Å². The maximum atomic E-state index is 5.36. The van der Waals surface area contributed by atoms with Crippen LogP contribution in [0.3, 0.4) is 0 Å². The highest BCUT2D eigenvalue weighted by Gasteiger charge is 2.02. The summed E-state index contributed by atoms with van der Waals surface area (Å²) >= 11 is 3.44. The van der Waals surface area contributed by atoms with E-state index in [0.717, 1.165) is 32.8 Å². The zero-order chi connectivity index (χ0) is 16.8. The Kier molecular flexibility index (Phi) is 5.13. The van der Waals surface area contributed by atoms with E-state index in [0.29, 0.717) is 0 Å². The normalized spacial score (nSPS) is 10.0. The Morgan fingerprint density at radius 2 is 1.54 bits per heavy atom. The molecule has 0 saturated carbocycles. The summed E-state index contributed by atoms with van der Waals surface area (Å²) in [5.41, 5.74) is 9.16. The van der Waals surface area contributed by atoms with Gasteiger partial charge in [0.05, 0.1) is 11.0 Å². The largest absolute Gasteiger partial charge is 0.399 e. The number of nitrogen functional groups attached to an aromatic ring is 1. The molecule has 4 nitrogen and oxygen atoms in total. The van der Waals surface area contributed by atoms with Gasteiger partial charge in [0.25, 0.3) is 0 Å². The summed E-state index contributed by atoms with van der Waals surface area (Å²) in [6, 6.07) is 25.4. The highest BCUT2D eigenvalue weighted by molar-refractivity contribution is 9.10. The number of imidazole rings is 1. The van der Waals surface area contributed by atoms with Gasteiger partial charge in [-0.3, -0.25) is 0 Å². The van der Waals surface area contributed by atoms with Gasteiger partial charge in [-0.05, 0) is 42.5 Å². The van der Waals surface area contributed by atoms with Crippen LogP contribution in [0.25, 0.3) is 11.0 Å². The van der Waals surface area contributed by atoms with Crippen molar-refractivity contribution in [2.45, 2.75) is 0 Å². The van der Waals surface area contributed by atoms with E-state index < -0.39 is 0 Å². The first-order chi connectivity index (χ1) is 11.7. The smallest absolute Gasteiger partial charge is 0.205 e. The molecule has 1 heterocycles. The predicted octanol–water partition coefficient (Wildman–Crippen LogP) is 5.34. The van der Waals surface area contributed by atoms with E-state index in [9.17, 15) is 0 Å². The molecule has 0 aliphatic heterocycles. The van der Waals surface area contributed by atoms with Gasteiger partial charge in [-0.2, -0.15) is 0 Å². The van der Waals surface area contributed by atoms with Gasteiger partial charge in [-0.15, -0.1) is 0 Å². The van der Waals surface area contributed by atoms with Crippen LogP contribution in [0, 0.1) is 0 Å². The Morgan fingerprint density at radius 1 is 0.875 bits per heavy atom. The van der Waals surface area contributed by atoms with E-state index in [1.165, 1.54) is 0 Å². The number of hydrogen-bond acceptors (Lipinski definition) is 3. The lowest BCUT2D eigenvalue weighted by molar-refractivity contribution is 1.31. The molecular formula is C19H17BrN4. The SMILES string of the molecule is Brc1ccc2nc(Nc3ccccc3)[nH]c2c1.Nc1ccccc1. The summed E-state index contributed by atoms with van der Waals surface area (Å²) in [4.78, 5) is 7.69. The van der Waals surface area contributed by atoms with Crippen LogP contribution in [0.1, 0.15) is 0 Å². The average molecular weight is 381 g/mol. The van der Waals surface area contributed by atoms with Gasteiger partial charge < -0.3 is 16.0 Å². The lowest BCUT2D eigenvalue weighted by Crippen LogP contribution is -1.90. The Balaban J connectivity index is 0.000000203. The Labute approximate surface area is 148 Å². The number of anilines is 3. The number of nitrogens with zero attached hydrogens (tertiary/aromatic N) is 1. The average Bonchev–Trinajstić information content (AvgIpc) is 2.98. The Bertz CT molecular complexity index is 904. The zero-order valence-electron chi connectivity index (χ0n) is 12.9. The molecule has 1 aromatic heterocycles. The molecule has 4 rings (SSSR count). The molecule has 120 valence electrons. The number of fused-ring (bicyclic) bond motifs is 1. The molecule has 0 fully saturated rings. The summed E-state index contributed by atoms with van der Waals surface area (Å²) in [5.74, 6) is 0.754. The number of para-hydroxylation sites is 2. The molecule has 0 saturated heterocycles. The monoisotopic (exact) mass is 380 g/mol.